The number of hydrogen-bond donors (Lipinski definition) is 1. The van der Waals surface area contributed by atoms with Gasteiger partial charge in [-0.1, -0.05) is 11.2 Å². The molecule has 1 N–H and O–H groups in total. The van der Waals surface area contributed by atoms with Crippen LogP contribution in [0, 0.1) is 9.39 Å². The third kappa shape index (κ3) is 2.28. The summed E-state index contributed by atoms with van der Waals surface area (Å²) in [5.74, 6) is -0.261. The molecule has 0 fully saturated rings. The molecule has 80 valence electrons. The Hall–Kier alpha value is -0.690. The Morgan fingerprint density at radius 2 is 2.40 bits per heavy atom. The summed E-state index contributed by atoms with van der Waals surface area (Å²) in [5, 5.41) is 12.7. The highest BCUT2D eigenvalue weighted by molar-refractivity contribution is 14.1. The molecule has 0 amide bonds. The lowest BCUT2D eigenvalue weighted by Crippen LogP contribution is -2.12. The molecule has 1 unspecified atom stereocenters. The average Bonchev–Trinajstić information content (AvgIpc) is 2.70. The maximum atomic E-state index is 13.3. The van der Waals surface area contributed by atoms with E-state index in [4.69, 9.17) is 9.94 Å². The van der Waals surface area contributed by atoms with Gasteiger partial charge >= 0.3 is 0 Å². The van der Waals surface area contributed by atoms with Crippen LogP contribution in [0.1, 0.15) is 12.0 Å². The van der Waals surface area contributed by atoms with E-state index in [0.29, 0.717) is 21.3 Å². The third-order valence-electron chi connectivity index (χ3n) is 2.19. The van der Waals surface area contributed by atoms with Crippen molar-refractivity contribution in [3.8, 4) is 0 Å². The Labute approximate surface area is 100 Å². The maximum absolute atomic E-state index is 13.3. The zero-order valence-electron chi connectivity index (χ0n) is 7.78. The van der Waals surface area contributed by atoms with E-state index in [0.717, 1.165) is 0 Å². The van der Waals surface area contributed by atoms with Gasteiger partial charge in [0.1, 0.15) is 5.82 Å². The number of benzene rings is 1. The molecule has 0 spiro atoms. The predicted octanol–water partition coefficient (Wildman–Crippen LogP) is 1.92. The van der Waals surface area contributed by atoms with Crippen molar-refractivity contribution < 1.29 is 14.3 Å². The van der Waals surface area contributed by atoms with Gasteiger partial charge in [0.05, 0.1) is 12.3 Å². The topological polar surface area (TPSA) is 41.8 Å². The largest absolute Gasteiger partial charge is 0.392 e. The van der Waals surface area contributed by atoms with E-state index >= 15 is 0 Å². The highest BCUT2D eigenvalue weighted by atomic mass is 127. The van der Waals surface area contributed by atoms with Crippen molar-refractivity contribution in [1.82, 2.24) is 0 Å². The minimum Gasteiger partial charge on any atom is -0.392 e. The highest BCUT2D eigenvalue weighted by Gasteiger charge is 2.21. The maximum Gasteiger partial charge on any atom is 0.156 e. The molecule has 1 aromatic rings. The van der Waals surface area contributed by atoms with Crippen molar-refractivity contribution in [3.05, 3.63) is 33.1 Å². The van der Waals surface area contributed by atoms with Gasteiger partial charge in [-0.25, -0.2) is 4.39 Å². The van der Waals surface area contributed by atoms with Crippen LogP contribution in [-0.2, 0) is 4.84 Å². The van der Waals surface area contributed by atoms with Gasteiger partial charge < -0.3 is 9.94 Å². The van der Waals surface area contributed by atoms with Crippen LogP contribution in [0.5, 0.6) is 0 Å². The van der Waals surface area contributed by atoms with E-state index < -0.39 is 0 Å². The van der Waals surface area contributed by atoms with Crippen molar-refractivity contribution >= 4 is 28.3 Å². The molecule has 0 saturated heterocycles. The first kappa shape index (κ1) is 10.8. The first-order chi connectivity index (χ1) is 7.20. The molecule has 1 aromatic carbocycles. The third-order valence-corrected chi connectivity index (χ3v) is 3.06. The standard InChI is InChI=1S/C10H9FINO2/c11-8-3-6(1-2-9(8)12)10-4-7(5-14)15-13-10/h1-3,7,14H,4-5H2. The van der Waals surface area contributed by atoms with Crippen molar-refractivity contribution in [3.63, 3.8) is 0 Å². The van der Waals surface area contributed by atoms with Crippen molar-refractivity contribution in [2.75, 3.05) is 6.61 Å². The molecule has 15 heavy (non-hydrogen) atoms. The van der Waals surface area contributed by atoms with Gasteiger partial charge in [-0.05, 0) is 34.7 Å². The molecule has 0 aromatic heterocycles. The lowest BCUT2D eigenvalue weighted by Gasteiger charge is -2.02. The predicted molar refractivity (Wildman–Crippen MR) is 62.2 cm³/mol. The van der Waals surface area contributed by atoms with Crippen LogP contribution in [0.2, 0.25) is 0 Å². The van der Waals surface area contributed by atoms with Gasteiger partial charge in [0.2, 0.25) is 0 Å². The van der Waals surface area contributed by atoms with Gasteiger partial charge in [-0.15, -0.1) is 0 Å². The second-order valence-corrected chi connectivity index (χ2v) is 4.44. The Kier molecular flexibility index (Phi) is 3.20. The summed E-state index contributed by atoms with van der Waals surface area (Å²) < 4.78 is 13.8. The summed E-state index contributed by atoms with van der Waals surface area (Å²) in [7, 11) is 0. The minimum atomic E-state index is -0.290. The number of aliphatic hydroxyl groups is 1. The Morgan fingerprint density at radius 3 is 3.00 bits per heavy atom. The number of halogens is 2. The normalized spacial score (nSPS) is 19.9. The summed E-state index contributed by atoms with van der Waals surface area (Å²) in [6.45, 7) is -0.0696. The minimum absolute atomic E-state index is 0.0696. The number of rotatable bonds is 2. The zero-order chi connectivity index (χ0) is 10.8. The molecule has 1 heterocycles. The van der Waals surface area contributed by atoms with Gasteiger partial charge in [-0.2, -0.15) is 0 Å². The molecule has 1 aliphatic heterocycles. The van der Waals surface area contributed by atoms with Crippen LogP contribution < -0.4 is 0 Å². The van der Waals surface area contributed by atoms with Gasteiger partial charge in [0.15, 0.2) is 6.10 Å². The van der Waals surface area contributed by atoms with E-state index in [1.54, 1.807) is 12.1 Å². The first-order valence-electron chi connectivity index (χ1n) is 4.49. The Bertz CT molecular complexity index is 408. The smallest absolute Gasteiger partial charge is 0.156 e. The number of aliphatic hydroxyl groups excluding tert-OH is 1. The number of oxime groups is 1. The second-order valence-electron chi connectivity index (χ2n) is 3.28. The van der Waals surface area contributed by atoms with Crippen LogP contribution in [0.15, 0.2) is 23.4 Å². The van der Waals surface area contributed by atoms with Crippen molar-refractivity contribution in [2.45, 2.75) is 12.5 Å². The molecule has 2 rings (SSSR count). The van der Waals surface area contributed by atoms with Crippen molar-refractivity contribution in [2.24, 2.45) is 5.16 Å². The SMILES string of the molecule is OCC1CC(c2ccc(I)c(F)c2)=NO1. The lowest BCUT2D eigenvalue weighted by molar-refractivity contribution is 0.0390. The lowest BCUT2D eigenvalue weighted by atomic mass is 10.1. The summed E-state index contributed by atoms with van der Waals surface area (Å²) in [6, 6.07) is 4.93. The summed E-state index contributed by atoms with van der Waals surface area (Å²) in [4.78, 5) is 4.95. The second kappa shape index (κ2) is 4.44. The zero-order valence-corrected chi connectivity index (χ0v) is 9.94. The molecule has 0 saturated carbocycles. The van der Waals surface area contributed by atoms with Gasteiger partial charge in [0.25, 0.3) is 0 Å². The molecular weight excluding hydrogens is 312 g/mol. The van der Waals surface area contributed by atoms with E-state index in [1.165, 1.54) is 6.07 Å². The van der Waals surface area contributed by atoms with Crippen LogP contribution in [-0.4, -0.2) is 23.5 Å². The van der Waals surface area contributed by atoms with Gasteiger partial charge in [0, 0.05) is 15.6 Å². The quantitative estimate of drug-likeness (QED) is 0.846. The van der Waals surface area contributed by atoms with Crippen LogP contribution in [0.4, 0.5) is 4.39 Å². The van der Waals surface area contributed by atoms with E-state index in [1.807, 2.05) is 22.6 Å². The summed E-state index contributed by atoms with van der Waals surface area (Å²) >= 11 is 1.93. The fourth-order valence-corrected chi connectivity index (χ4v) is 1.71. The molecule has 0 radical (unpaired) electrons. The monoisotopic (exact) mass is 321 g/mol. The van der Waals surface area contributed by atoms with Crippen LogP contribution >= 0.6 is 22.6 Å². The molecule has 5 heteroatoms. The highest BCUT2D eigenvalue weighted by Crippen LogP contribution is 2.19. The fourth-order valence-electron chi connectivity index (χ4n) is 1.37. The Balaban J connectivity index is 2.21. The fraction of sp³-hybridized carbons (Fsp3) is 0.300. The van der Waals surface area contributed by atoms with Crippen LogP contribution in [0.3, 0.4) is 0 Å². The van der Waals surface area contributed by atoms with Crippen molar-refractivity contribution in [1.29, 1.82) is 0 Å². The van der Waals surface area contributed by atoms with Crippen LogP contribution in [0.25, 0.3) is 0 Å². The van der Waals surface area contributed by atoms with E-state index in [-0.39, 0.29) is 18.5 Å². The summed E-state index contributed by atoms with van der Waals surface area (Å²) in [6.07, 6.45) is 0.235. The van der Waals surface area contributed by atoms with E-state index in [9.17, 15) is 4.39 Å². The molecule has 3 nitrogen and oxygen atoms in total. The first-order valence-corrected chi connectivity index (χ1v) is 5.57. The number of nitrogens with zero attached hydrogens (tertiary/aromatic N) is 1. The molecule has 0 aliphatic carbocycles. The number of hydrogen-bond acceptors (Lipinski definition) is 3. The molecule has 1 aliphatic rings. The Morgan fingerprint density at radius 1 is 1.60 bits per heavy atom. The molecule has 1 atom stereocenters. The molecule has 0 bridgehead atoms. The average molecular weight is 321 g/mol. The van der Waals surface area contributed by atoms with Gasteiger partial charge in [-0.3, -0.25) is 0 Å². The van der Waals surface area contributed by atoms with E-state index in [2.05, 4.69) is 5.16 Å². The summed E-state index contributed by atoms with van der Waals surface area (Å²) in [5.41, 5.74) is 1.40. The molecular formula is C10H9FINO2.